The molecule has 2 heterocycles. The molecule has 0 radical (unpaired) electrons. The van der Waals surface area contributed by atoms with Crippen molar-refractivity contribution in [2.75, 3.05) is 13.1 Å². The first-order chi connectivity index (χ1) is 12.9. The number of allylic oxidation sites excluding steroid dienone is 1. The Morgan fingerprint density at radius 1 is 1.11 bits per heavy atom. The van der Waals surface area contributed by atoms with E-state index in [1.165, 1.54) is 11.9 Å². The molecule has 3 rings (SSSR count). The minimum atomic E-state index is -0.172. The first-order valence-electron chi connectivity index (χ1n) is 9.60. The number of carbonyl (C=O) groups excluding carboxylic acids is 1. The molecule has 28 heavy (non-hydrogen) atoms. The van der Waals surface area contributed by atoms with E-state index in [0.29, 0.717) is 23.9 Å². The summed E-state index contributed by atoms with van der Waals surface area (Å²) >= 11 is 1.43. The van der Waals surface area contributed by atoms with Gasteiger partial charge in [0.15, 0.2) is 0 Å². The molecule has 0 unspecified atom stereocenters. The molecule has 6 heteroatoms. The molecule has 0 amide bonds. The Morgan fingerprint density at radius 2 is 1.71 bits per heavy atom. The number of phenolic OH excluding ortho intramolecular Hbond substituents is 1. The average molecular weight is 400 g/mol. The molecule has 5 nitrogen and oxygen atoms in total. The van der Waals surface area contributed by atoms with Crippen molar-refractivity contribution < 1.29 is 9.90 Å². The van der Waals surface area contributed by atoms with E-state index in [0.717, 1.165) is 28.9 Å². The van der Waals surface area contributed by atoms with Gasteiger partial charge in [0.25, 0.3) is 0 Å². The molecule has 0 aromatic heterocycles. The molecule has 0 atom stereocenters. The molecule has 2 aliphatic rings. The van der Waals surface area contributed by atoms with Crippen LogP contribution in [-0.2, 0) is 15.6 Å². The largest absolute Gasteiger partial charge is 0.507 e. The van der Waals surface area contributed by atoms with Crippen molar-refractivity contribution >= 4 is 35.2 Å². The molecular weight excluding hydrogens is 370 g/mol. The number of aromatic hydroxyl groups is 1. The average Bonchev–Trinajstić information content (AvgIpc) is 3.16. The van der Waals surface area contributed by atoms with E-state index in [9.17, 15) is 9.90 Å². The van der Waals surface area contributed by atoms with Crippen LogP contribution in [0.1, 0.15) is 64.7 Å². The number of rotatable bonds is 2. The lowest BCUT2D eigenvalue weighted by Gasteiger charge is -2.27. The van der Waals surface area contributed by atoms with E-state index < -0.39 is 0 Å². The maximum absolute atomic E-state index is 11.4. The molecule has 1 aromatic carbocycles. The molecule has 1 N–H and O–H groups in total. The van der Waals surface area contributed by atoms with Gasteiger partial charge in [-0.3, -0.25) is 4.79 Å². The molecular formula is C22H29N3O2S. The fourth-order valence-corrected chi connectivity index (χ4v) is 4.12. The summed E-state index contributed by atoms with van der Waals surface area (Å²) in [5.41, 5.74) is 3.29. The van der Waals surface area contributed by atoms with Crippen LogP contribution < -0.4 is 0 Å². The summed E-state index contributed by atoms with van der Waals surface area (Å²) in [7, 11) is 0. The summed E-state index contributed by atoms with van der Waals surface area (Å²) < 4.78 is 2.00. The fourth-order valence-electron chi connectivity index (χ4n) is 3.25. The first kappa shape index (κ1) is 20.8. The third-order valence-electron chi connectivity index (χ3n) is 4.80. The van der Waals surface area contributed by atoms with Gasteiger partial charge in [0, 0.05) is 24.1 Å². The highest BCUT2D eigenvalue weighted by Gasteiger charge is 2.26. The van der Waals surface area contributed by atoms with E-state index in [-0.39, 0.29) is 16.6 Å². The number of nitrogens with zero attached hydrogens (tertiary/aromatic N) is 3. The van der Waals surface area contributed by atoms with E-state index in [2.05, 4.69) is 51.5 Å². The van der Waals surface area contributed by atoms with Crippen molar-refractivity contribution in [1.82, 2.24) is 4.31 Å². The molecule has 0 spiro atoms. The SMILES string of the molecule is CC(C)(C)c1cc(/C=C2/C=NC(SN3CCC(=O)C3)=N2)cc(C(C)(C)C)c1O. The zero-order chi connectivity index (χ0) is 20.7. The van der Waals surface area contributed by atoms with E-state index in [1.807, 2.05) is 22.5 Å². The standard InChI is InChI=1S/C22H29N3O2S/c1-21(2,3)17-10-14(11-18(19(17)27)22(4,5)6)9-15-12-23-20(24-15)28-25-8-7-16(26)13-25/h9-12,27H,7-8,13H2,1-6H3/b15-9-. The third kappa shape index (κ3) is 4.73. The van der Waals surface area contributed by atoms with Crippen LogP contribution in [0, 0.1) is 0 Å². The third-order valence-corrected chi connectivity index (χ3v) is 5.73. The quantitative estimate of drug-likeness (QED) is 0.733. The predicted molar refractivity (Wildman–Crippen MR) is 118 cm³/mol. The second kappa shape index (κ2) is 7.48. The van der Waals surface area contributed by atoms with Gasteiger partial charge in [0.05, 0.1) is 18.5 Å². The molecule has 1 aromatic rings. The van der Waals surface area contributed by atoms with E-state index >= 15 is 0 Å². The smallest absolute Gasteiger partial charge is 0.203 e. The van der Waals surface area contributed by atoms with Crippen LogP contribution in [0.4, 0.5) is 0 Å². The predicted octanol–water partition coefficient (Wildman–Crippen LogP) is 4.69. The Kier molecular flexibility index (Phi) is 5.56. The van der Waals surface area contributed by atoms with Gasteiger partial charge < -0.3 is 5.11 Å². The summed E-state index contributed by atoms with van der Waals surface area (Å²) in [5, 5.41) is 11.5. The summed E-state index contributed by atoms with van der Waals surface area (Å²) in [6.45, 7) is 13.8. The topological polar surface area (TPSA) is 65.3 Å². The Labute approximate surface area is 171 Å². The number of hydrogen-bond donors (Lipinski definition) is 1. The van der Waals surface area contributed by atoms with Crippen molar-refractivity contribution in [3.8, 4) is 5.75 Å². The zero-order valence-corrected chi connectivity index (χ0v) is 18.4. The van der Waals surface area contributed by atoms with Crippen LogP contribution in [0.3, 0.4) is 0 Å². The van der Waals surface area contributed by atoms with Crippen LogP contribution in [0.2, 0.25) is 0 Å². The lowest BCUT2D eigenvalue weighted by Crippen LogP contribution is -2.17. The molecule has 0 saturated carbocycles. The van der Waals surface area contributed by atoms with Crippen LogP contribution in [-0.4, -0.2) is 39.7 Å². The van der Waals surface area contributed by atoms with E-state index in [4.69, 9.17) is 0 Å². The fraction of sp³-hybridized carbons (Fsp3) is 0.500. The summed E-state index contributed by atoms with van der Waals surface area (Å²) in [4.78, 5) is 20.4. The number of amidine groups is 1. The Morgan fingerprint density at radius 3 is 2.21 bits per heavy atom. The van der Waals surface area contributed by atoms with Crippen molar-refractivity contribution in [2.24, 2.45) is 9.98 Å². The lowest BCUT2D eigenvalue weighted by molar-refractivity contribution is -0.116. The van der Waals surface area contributed by atoms with Crippen molar-refractivity contribution in [3.05, 3.63) is 34.5 Å². The molecule has 0 bridgehead atoms. The number of carbonyl (C=O) groups is 1. The molecule has 1 saturated heterocycles. The normalized spacial score (nSPS) is 19.7. The maximum atomic E-state index is 11.4. The molecule has 2 aliphatic heterocycles. The zero-order valence-electron chi connectivity index (χ0n) is 17.5. The minimum absolute atomic E-state index is 0.172. The Bertz CT molecular complexity index is 851. The second-order valence-electron chi connectivity index (χ2n) is 9.43. The number of phenols is 1. The number of aliphatic imine (C=N–C) groups is 2. The van der Waals surface area contributed by atoms with Gasteiger partial charge in [-0.05, 0) is 46.6 Å². The molecule has 0 aliphatic carbocycles. The van der Waals surface area contributed by atoms with Crippen molar-refractivity contribution in [3.63, 3.8) is 0 Å². The van der Waals surface area contributed by atoms with Gasteiger partial charge in [0.2, 0.25) is 5.17 Å². The number of Topliss-reactive ketones (excluding diaryl/α,β-unsaturated/α-hetero) is 1. The van der Waals surface area contributed by atoms with Crippen LogP contribution in [0.5, 0.6) is 5.75 Å². The second-order valence-corrected chi connectivity index (χ2v) is 10.5. The summed E-state index contributed by atoms with van der Waals surface area (Å²) in [6, 6.07) is 4.07. The van der Waals surface area contributed by atoms with Crippen molar-refractivity contribution in [2.45, 2.75) is 58.8 Å². The number of ketones is 1. The highest BCUT2D eigenvalue weighted by atomic mass is 32.2. The summed E-state index contributed by atoms with van der Waals surface area (Å²) in [5.74, 6) is 0.639. The minimum Gasteiger partial charge on any atom is -0.507 e. The molecule has 1 fully saturated rings. The monoisotopic (exact) mass is 399 g/mol. The lowest BCUT2D eigenvalue weighted by atomic mass is 9.78. The van der Waals surface area contributed by atoms with E-state index in [1.54, 1.807) is 6.21 Å². The van der Waals surface area contributed by atoms with Gasteiger partial charge in [-0.15, -0.1) is 0 Å². The Hall–Kier alpha value is -1.92. The van der Waals surface area contributed by atoms with Gasteiger partial charge in [-0.2, -0.15) is 0 Å². The number of benzene rings is 1. The van der Waals surface area contributed by atoms with Crippen LogP contribution in [0.25, 0.3) is 6.08 Å². The van der Waals surface area contributed by atoms with Gasteiger partial charge in [0.1, 0.15) is 11.5 Å². The van der Waals surface area contributed by atoms with Gasteiger partial charge in [-0.1, -0.05) is 41.5 Å². The van der Waals surface area contributed by atoms with Gasteiger partial charge in [-0.25, -0.2) is 14.3 Å². The van der Waals surface area contributed by atoms with Crippen LogP contribution in [0.15, 0.2) is 27.8 Å². The number of hydrogen-bond acceptors (Lipinski definition) is 6. The first-order valence-corrected chi connectivity index (χ1v) is 10.4. The molecule has 150 valence electrons. The summed E-state index contributed by atoms with van der Waals surface area (Å²) in [6.07, 6.45) is 4.35. The highest BCUT2D eigenvalue weighted by molar-refractivity contribution is 8.12. The van der Waals surface area contributed by atoms with Crippen molar-refractivity contribution in [1.29, 1.82) is 0 Å². The maximum Gasteiger partial charge on any atom is 0.203 e. The van der Waals surface area contributed by atoms with Gasteiger partial charge >= 0.3 is 0 Å². The van der Waals surface area contributed by atoms with Crippen LogP contribution >= 0.6 is 11.9 Å². The highest BCUT2D eigenvalue weighted by Crippen LogP contribution is 2.40. The Balaban J connectivity index is 1.91.